The van der Waals surface area contributed by atoms with E-state index < -0.39 is 56.9 Å². The van der Waals surface area contributed by atoms with Gasteiger partial charge in [0.1, 0.15) is 0 Å². The van der Waals surface area contributed by atoms with Crippen LogP contribution in [0, 0.1) is 0 Å². The topological polar surface area (TPSA) is 241 Å². The fourth-order valence-corrected chi connectivity index (χ4v) is 0. The van der Waals surface area contributed by atoms with Gasteiger partial charge in [-0.05, 0) is 0 Å². The summed E-state index contributed by atoms with van der Waals surface area (Å²) in [6.45, 7) is 0. The third kappa shape index (κ3) is 1180. The second-order valence-electron chi connectivity index (χ2n) is 1.22. The molecule has 0 aromatic carbocycles. The summed E-state index contributed by atoms with van der Waals surface area (Å²) in [4.78, 5) is 0. The van der Waals surface area contributed by atoms with E-state index in [1.807, 2.05) is 0 Å². The predicted octanol–water partition coefficient (Wildman–Crippen LogP) is -8.99. The molecule has 112 valence electrons. The van der Waals surface area contributed by atoms with Gasteiger partial charge in [0.25, 0.3) is 0 Å². The van der Waals surface area contributed by atoms with Gasteiger partial charge in [-0.2, -0.15) is 0 Å². The van der Waals surface area contributed by atoms with E-state index in [9.17, 15) is 0 Å². The van der Waals surface area contributed by atoms with E-state index in [0.717, 1.165) is 0 Å². The Kier molecular flexibility index (Phi) is 24.0. The number of rotatable bonds is 0. The van der Waals surface area contributed by atoms with Crippen LogP contribution in [-0.4, -0.2) is 56.9 Å². The van der Waals surface area contributed by atoms with Crippen LogP contribution < -0.4 is 20.8 Å². The second kappa shape index (κ2) is 13.0. The Balaban J connectivity index is -0.0000000400. The van der Waals surface area contributed by atoms with Crippen molar-refractivity contribution < 1.29 is 73.6 Å². The van der Waals surface area contributed by atoms with Crippen LogP contribution in [0.25, 0.3) is 0 Å². The monoisotopic (exact) mass is 708 g/mol. The van der Waals surface area contributed by atoms with Crippen molar-refractivity contribution >= 4 is 56.9 Å². The zero-order chi connectivity index (χ0) is 13.5. The Morgan fingerprint density at radius 2 is 0.412 bits per heavy atom. The Morgan fingerprint density at radius 1 is 0.412 bits per heavy atom. The molecule has 0 aromatic heterocycles. The molecule has 0 saturated carbocycles. The van der Waals surface area contributed by atoms with Gasteiger partial charge in [-0.25, -0.2) is 0 Å². The Bertz CT molecular complexity index is 341. The van der Waals surface area contributed by atoms with Crippen LogP contribution in [0.5, 0.6) is 0 Å². The first-order valence-electron chi connectivity index (χ1n) is 2.00. The Hall–Kier alpha value is 1.97. The molecule has 17 heteroatoms. The molecule has 17 heavy (non-hydrogen) atoms. The third-order valence-electron chi connectivity index (χ3n) is 0. The summed E-state index contributed by atoms with van der Waals surface area (Å²) in [5.41, 5.74) is 0. The molecule has 0 bridgehead atoms. The van der Waals surface area contributed by atoms with Crippen LogP contribution >= 0.6 is 0 Å². The molecule has 0 N–H and O–H groups in total. The van der Waals surface area contributed by atoms with E-state index in [4.69, 9.17) is 39.5 Å². The molecule has 0 saturated heterocycles. The van der Waals surface area contributed by atoms with Gasteiger partial charge >= 0.3 is 131 Å². The quantitative estimate of drug-likeness (QED) is 0.214. The molecule has 0 fully saturated rings. The smallest absolute Gasteiger partial charge is 3.00 e. The molecule has 0 atom stereocenters. The molecule has 0 aliphatic rings. The molecule has 0 amide bonds. The zero-order valence-electron chi connectivity index (χ0n) is 6.73. The van der Waals surface area contributed by atoms with Crippen molar-refractivity contribution in [1.29, 1.82) is 0 Å². The van der Waals surface area contributed by atoms with Crippen molar-refractivity contribution in [2.24, 2.45) is 0 Å². The summed E-state index contributed by atoms with van der Waals surface area (Å²) in [5, 5.41) is 0. The maximum absolute atomic E-state index is 8.63. The first-order valence-corrected chi connectivity index (χ1v) is 13.4. The minimum atomic E-state index is -6.02. The first-order chi connectivity index (χ1) is 6.00. The van der Waals surface area contributed by atoms with Crippen LogP contribution in [0.15, 0.2) is 0 Å². The van der Waals surface area contributed by atoms with Crippen molar-refractivity contribution in [3.8, 4) is 0 Å². The van der Waals surface area contributed by atoms with Crippen molar-refractivity contribution in [2.75, 3.05) is 0 Å². The van der Waals surface area contributed by atoms with Crippen molar-refractivity contribution in [1.82, 2.24) is 0 Å². The summed E-state index contributed by atoms with van der Waals surface area (Å²) in [5.74, 6) is 0. The standard InChI is InChI=1S/2Cu.3H2O4Te/c;;3*1-5(2,3)4/h;;3*(H2,1,2,3,4)/q2*+3;;;/p-6. The van der Waals surface area contributed by atoms with E-state index in [2.05, 4.69) is 0 Å². The van der Waals surface area contributed by atoms with Gasteiger partial charge in [0.05, 0.1) is 0 Å². The Labute approximate surface area is 129 Å². The fourth-order valence-electron chi connectivity index (χ4n) is 0. The second-order valence-corrected chi connectivity index (χ2v) is 8.22. The summed E-state index contributed by atoms with van der Waals surface area (Å²) >= 11 is -18.1. The van der Waals surface area contributed by atoms with Gasteiger partial charge in [0.15, 0.2) is 0 Å². The molecule has 0 spiro atoms. The largest absolute Gasteiger partial charge is 3.00 e. The summed E-state index contributed by atoms with van der Waals surface area (Å²) < 4.78 is 104. The average molecular weight is 702 g/mol. The van der Waals surface area contributed by atoms with Crippen LogP contribution in [0.3, 0.4) is 0 Å². The molecule has 0 unspecified atom stereocenters. The van der Waals surface area contributed by atoms with E-state index in [-0.39, 0.29) is 34.1 Å². The third-order valence-corrected chi connectivity index (χ3v) is 0. The van der Waals surface area contributed by atoms with Crippen LogP contribution in [0.4, 0.5) is 0 Å². The van der Waals surface area contributed by atoms with Gasteiger partial charge in [-0.1, -0.05) is 0 Å². The van der Waals surface area contributed by atoms with E-state index in [1.54, 1.807) is 0 Å². The molecule has 0 radical (unpaired) electrons. The minimum absolute atomic E-state index is 0. The number of hydrogen-bond donors (Lipinski definition) is 0. The molecule has 0 aromatic rings. The SMILES string of the molecule is O=[Te](=O)([O-])[O-].O=[Te](=O)([O-])[O-].O=[Te](=O)([O-])[O-].[Cu+3].[Cu+3]. The van der Waals surface area contributed by atoms with E-state index in [0.29, 0.717) is 0 Å². The molecular weight excluding hydrogens is 702 g/mol. The van der Waals surface area contributed by atoms with Gasteiger partial charge in [-0.15, -0.1) is 0 Å². The Morgan fingerprint density at radius 3 is 0.412 bits per heavy atom. The van der Waals surface area contributed by atoms with Crippen LogP contribution in [0.2, 0.25) is 0 Å². The summed E-state index contributed by atoms with van der Waals surface area (Å²) in [6.07, 6.45) is 0. The maximum atomic E-state index is 8.63. The molecule has 0 aliphatic heterocycles. The summed E-state index contributed by atoms with van der Waals surface area (Å²) in [6, 6.07) is 0. The molecule has 0 rings (SSSR count). The molecule has 0 heterocycles. The molecular formula is Cu2O12Te3. The normalized spacial score (nSPS) is 10.2. The predicted molar refractivity (Wildman–Crippen MR) is 21.4 cm³/mol. The van der Waals surface area contributed by atoms with Gasteiger partial charge in [0.2, 0.25) is 0 Å². The van der Waals surface area contributed by atoms with Gasteiger partial charge in [-0.3, -0.25) is 0 Å². The van der Waals surface area contributed by atoms with Crippen molar-refractivity contribution in [3.05, 3.63) is 0 Å². The van der Waals surface area contributed by atoms with Crippen LogP contribution in [0.1, 0.15) is 0 Å². The maximum Gasteiger partial charge on any atom is 3.00 e. The average Bonchev–Trinajstić information content (AvgIpc) is 1.41. The van der Waals surface area contributed by atoms with E-state index >= 15 is 0 Å². The minimum Gasteiger partial charge on any atom is 3.00 e. The number of hydrogen-bond acceptors (Lipinski definition) is 12. The van der Waals surface area contributed by atoms with Gasteiger partial charge < -0.3 is 0 Å². The summed E-state index contributed by atoms with van der Waals surface area (Å²) in [7, 11) is 0. The first kappa shape index (κ1) is 31.4. The zero-order valence-corrected chi connectivity index (χ0v) is 15.6. The fraction of sp³-hybridized carbons (Fsp3) is 0. The van der Waals surface area contributed by atoms with Gasteiger partial charge in [0, 0.05) is 0 Å². The van der Waals surface area contributed by atoms with E-state index in [1.165, 1.54) is 0 Å². The molecule has 12 nitrogen and oxygen atoms in total. The van der Waals surface area contributed by atoms with Crippen molar-refractivity contribution in [3.63, 3.8) is 0 Å². The van der Waals surface area contributed by atoms with Crippen molar-refractivity contribution in [2.45, 2.75) is 0 Å². The van der Waals surface area contributed by atoms with Crippen LogP contribution in [-0.2, 0) is 52.8 Å². The molecule has 0 aliphatic carbocycles.